The average Bonchev–Trinajstić information content (AvgIpc) is 3.94. The molecule has 74 heavy (non-hydrogen) atoms. The van der Waals surface area contributed by atoms with Crippen molar-refractivity contribution in [2.45, 2.75) is 184 Å². The molecule has 8 aliphatic rings. The Bertz CT molecular complexity index is 2310. The van der Waals surface area contributed by atoms with Crippen LogP contribution < -0.4 is 9.47 Å². The van der Waals surface area contributed by atoms with E-state index in [2.05, 4.69) is 9.80 Å². The first-order chi connectivity index (χ1) is 34.8. The lowest BCUT2D eigenvalue weighted by atomic mass is 9.72. The molecule has 1 N–H and O–H groups in total. The van der Waals surface area contributed by atoms with Crippen LogP contribution in [0.2, 0.25) is 0 Å². The second-order valence-electron chi connectivity index (χ2n) is 25.4. The zero-order chi connectivity index (χ0) is 53.0. The summed E-state index contributed by atoms with van der Waals surface area (Å²) in [7, 11) is 1.41. The van der Waals surface area contributed by atoms with E-state index >= 15 is 0 Å². The molecule has 8 fully saturated rings. The van der Waals surface area contributed by atoms with Crippen molar-refractivity contribution in [2.75, 3.05) is 72.7 Å². The number of halogens is 2. The number of aliphatic hydroxyl groups is 1. The van der Waals surface area contributed by atoms with Crippen molar-refractivity contribution in [2.24, 2.45) is 11.8 Å². The van der Waals surface area contributed by atoms with Gasteiger partial charge >= 0.3 is 18.2 Å². The first-order valence-electron chi connectivity index (χ1n) is 27.3. The molecule has 17 heteroatoms. The number of carbonyl (C=O) groups is 3. The Labute approximate surface area is 436 Å². The Morgan fingerprint density at radius 3 is 1.38 bits per heavy atom. The predicted octanol–water partition coefficient (Wildman–Crippen LogP) is 8.83. The van der Waals surface area contributed by atoms with E-state index in [1.165, 1.54) is 19.2 Å². The van der Waals surface area contributed by atoms with Crippen molar-refractivity contribution >= 4 is 18.2 Å². The summed E-state index contributed by atoms with van der Waals surface area (Å²) >= 11 is 0. The Balaban J connectivity index is 0.000000182. The number of hydrogen-bond acceptors (Lipinski definition) is 13. The monoisotopic (exact) mass is 1040 g/mol. The maximum absolute atomic E-state index is 14.2. The number of esters is 1. The molecule has 2 amide bonds. The van der Waals surface area contributed by atoms with E-state index in [0.29, 0.717) is 64.3 Å². The van der Waals surface area contributed by atoms with Crippen LogP contribution >= 0.6 is 0 Å². The third-order valence-corrected chi connectivity index (χ3v) is 16.8. The number of likely N-dealkylation sites (tertiary alicyclic amines) is 4. The minimum atomic E-state index is -0.686. The third kappa shape index (κ3) is 12.8. The molecule has 0 unspecified atom stereocenters. The van der Waals surface area contributed by atoms with Gasteiger partial charge in [0.05, 0.1) is 64.1 Å². The maximum Gasteiger partial charge on any atom is 0.410 e. The van der Waals surface area contributed by atoms with Crippen LogP contribution in [0.15, 0.2) is 36.4 Å². The summed E-state index contributed by atoms with van der Waals surface area (Å²) in [4.78, 5) is 44.8. The topological polar surface area (TPSA) is 149 Å². The highest BCUT2D eigenvalue weighted by atomic mass is 19.1. The Morgan fingerprint density at radius 1 is 0.622 bits per heavy atom. The minimum absolute atomic E-state index is 0.0389. The summed E-state index contributed by atoms with van der Waals surface area (Å²) in [6.07, 6.45) is 8.00. The lowest BCUT2D eigenvalue weighted by Gasteiger charge is -2.47. The summed E-state index contributed by atoms with van der Waals surface area (Å²) < 4.78 is 69.1. The number of piperidine rings is 2. The van der Waals surface area contributed by atoms with Crippen LogP contribution in [-0.2, 0) is 28.5 Å². The summed E-state index contributed by atoms with van der Waals surface area (Å²) in [5.41, 5.74) is -0.289. The van der Waals surface area contributed by atoms with Crippen LogP contribution in [0.25, 0.3) is 0 Å². The Morgan fingerprint density at radius 2 is 1.01 bits per heavy atom. The highest BCUT2D eigenvalue weighted by Crippen LogP contribution is 2.45. The van der Waals surface area contributed by atoms with Gasteiger partial charge in [-0.3, -0.25) is 14.6 Å². The second-order valence-corrected chi connectivity index (χ2v) is 25.4. The normalized spacial score (nSPS) is 28.3. The van der Waals surface area contributed by atoms with Crippen molar-refractivity contribution in [3.8, 4) is 11.5 Å². The number of nitrogens with zero attached hydrogens (tertiary/aromatic N) is 4. The molecule has 6 aliphatic heterocycles. The molecule has 2 atom stereocenters. The van der Waals surface area contributed by atoms with E-state index in [1.807, 2.05) is 55.4 Å². The summed E-state index contributed by atoms with van der Waals surface area (Å²) in [6.45, 7) is 22.4. The molecule has 2 aromatic rings. The third-order valence-electron chi connectivity index (χ3n) is 16.8. The van der Waals surface area contributed by atoms with Gasteiger partial charge < -0.3 is 48.1 Å². The van der Waals surface area contributed by atoms with Gasteiger partial charge in [-0.05, 0) is 200 Å². The summed E-state index contributed by atoms with van der Waals surface area (Å²) in [6, 6.07) is 10.4. The SMILES string of the molecule is CC(C)(C)OC(=O)N1CC2(C[C@H](N3CCC(c4cc(F)ccc4OC4CC(C(C)(C)O)C4)CC3)CO2)C1.COC(=O)C1CC(Oc2ccc(F)cc2C2CCN([C@@H]3COC4(C3)CN(C(=O)OC(C)(C)C)C4)CC2)C1. The predicted molar refractivity (Wildman–Crippen MR) is 272 cm³/mol. The molecule has 10 rings (SSSR count). The van der Waals surface area contributed by atoms with E-state index < -0.39 is 16.8 Å². The molecule has 0 radical (unpaired) electrons. The van der Waals surface area contributed by atoms with E-state index in [1.54, 1.807) is 34.1 Å². The quantitative estimate of drug-likeness (QED) is 0.179. The number of ether oxygens (including phenoxy) is 7. The fourth-order valence-electron chi connectivity index (χ4n) is 12.4. The smallest absolute Gasteiger partial charge is 0.410 e. The first kappa shape index (κ1) is 54.5. The molecular formula is C57H82F2N4O11. The van der Waals surface area contributed by atoms with Gasteiger partial charge in [-0.1, -0.05) is 0 Å². The van der Waals surface area contributed by atoms with Gasteiger partial charge in [0, 0.05) is 23.2 Å². The number of benzene rings is 2. The van der Waals surface area contributed by atoms with Gasteiger partial charge in [-0.2, -0.15) is 0 Å². The fourth-order valence-corrected chi connectivity index (χ4v) is 12.4. The van der Waals surface area contributed by atoms with Crippen LogP contribution in [0.3, 0.4) is 0 Å². The van der Waals surface area contributed by atoms with Crippen molar-refractivity contribution < 1.29 is 61.4 Å². The standard InChI is InChI=1S/C29H43FN2O5.C28H39FN2O6/c1-27(2,3)37-26(33)32-17-29(18-32)15-22(16-35-29)31-10-8-19(9-11-31)24-14-21(30)6-7-25(24)36-23-12-20(13-23)28(4,5)34;1-27(2,3)37-26(33)31-16-28(17-31)14-21(15-35-28)30-9-7-18(8-10-30)23-13-20(29)5-6-24(23)36-22-11-19(12-22)25(32)34-4/h6-7,14,19-20,22-23,34H,8-13,15-18H2,1-5H3;5-6,13,18-19,21-22H,7-12,14-17H2,1-4H3/t20?,22-,23?;19?,21-,22?/m00/s1. The molecular weight excluding hydrogens is 955 g/mol. The van der Waals surface area contributed by atoms with Crippen molar-refractivity contribution in [1.82, 2.24) is 19.6 Å². The number of amides is 2. The molecule has 2 aliphatic carbocycles. The molecule has 2 aromatic carbocycles. The molecule has 15 nitrogen and oxygen atoms in total. The van der Waals surface area contributed by atoms with Gasteiger partial charge in [-0.25, -0.2) is 18.4 Å². The van der Waals surface area contributed by atoms with Gasteiger partial charge in [0.1, 0.15) is 51.6 Å². The fraction of sp³-hybridized carbons (Fsp3) is 0.737. The zero-order valence-corrected chi connectivity index (χ0v) is 45.3. The first-order valence-corrected chi connectivity index (χ1v) is 27.3. The molecule has 6 saturated heterocycles. The van der Waals surface area contributed by atoms with Crippen LogP contribution in [0, 0.1) is 23.5 Å². The highest BCUT2D eigenvalue weighted by Gasteiger charge is 2.55. The lowest BCUT2D eigenvalue weighted by molar-refractivity contribution is -0.151. The largest absolute Gasteiger partial charge is 0.490 e. The van der Waals surface area contributed by atoms with E-state index in [9.17, 15) is 28.3 Å². The number of carbonyl (C=O) groups excluding carboxylic acids is 3. The van der Waals surface area contributed by atoms with Crippen LogP contribution in [0.5, 0.6) is 11.5 Å². The van der Waals surface area contributed by atoms with Crippen molar-refractivity contribution in [1.29, 1.82) is 0 Å². The van der Waals surface area contributed by atoms with E-state index in [4.69, 9.17) is 33.2 Å². The van der Waals surface area contributed by atoms with Crippen molar-refractivity contribution in [3.63, 3.8) is 0 Å². The summed E-state index contributed by atoms with van der Waals surface area (Å²) in [5.74, 6) is 1.47. The molecule has 2 spiro atoms. The molecule has 6 heterocycles. The Kier molecular flexibility index (Phi) is 15.7. The van der Waals surface area contributed by atoms with E-state index in [-0.39, 0.29) is 76.9 Å². The molecule has 410 valence electrons. The summed E-state index contributed by atoms with van der Waals surface area (Å²) in [5, 5.41) is 10.2. The molecule has 0 bridgehead atoms. The van der Waals surface area contributed by atoms with Gasteiger partial charge in [0.2, 0.25) is 0 Å². The molecule has 2 saturated carbocycles. The average molecular weight is 1040 g/mol. The zero-order valence-electron chi connectivity index (χ0n) is 45.3. The minimum Gasteiger partial charge on any atom is -0.490 e. The van der Waals surface area contributed by atoms with Crippen LogP contribution in [-0.4, -0.2) is 168 Å². The Hall–Kier alpha value is -4.29. The number of hydrogen-bond donors (Lipinski definition) is 1. The highest BCUT2D eigenvalue weighted by molar-refractivity contribution is 5.73. The maximum atomic E-state index is 14.2. The second kappa shape index (κ2) is 21.3. The van der Waals surface area contributed by atoms with Crippen LogP contribution in [0.1, 0.15) is 143 Å². The van der Waals surface area contributed by atoms with Gasteiger partial charge in [0.25, 0.3) is 0 Å². The van der Waals surface area contributed by atoms with E-state index in [0.717, 1.165) is 100 Å². The number of rotatable bonds is 10. The van der Waals surface area contributed by atoms with Crippen molar-refractivity contribution in [3.05, 3.63) is 59.2 Å². The van der Waals surface area contributed by atoms with Gasteiger partial charge in [0.15, 0.2) is 0 Å². The molecule has 0 aromatic heterocycles. The van der Waals surface area contributed by atoms with Crippen LogP contribution in [0.4, 0.5) is 18.4 Å². The lowest BCUT2D eigenvalue weighted by Crippen LogP contribution is -2.64. The van der Waals surface area contributed by atoms with Gasteiger partial charge in [-0.15, -0.1) is 0 Å². The number of methoxy groups -OCH3 is 1.